The van der Waals surface area contributed by atoms with E-state index in [4.69, 9.17) is 0 Å². The fourth-order valence-electron chi connectivity index (χ4n) is 1.72. The van der Waals surface area contributed by atoms with Crippen LogP contribution in [0.4, 0.5) is 0 Å². The lowest BCUT2D eigenvalue weighted by Gasteiger charge is -2.18. The maximum absolute atomic E-state index is 11.9. The van der Waals surface area contributed by atoms with Crippen LogP contribution in [0.5, 0.6) is 0 Å². The van der Waals surface area contributed by atoms with Gasteiger partial charge in [-0.2, -0.15) is 12.7 Å². The Morgan fingerprint density at radius 2 is 1.94 bits per heavy atom. The maximum Gasteiger partial charge on any atom is 0.279 e. The van der Waals surface area contributed by atoms with Crippen LogP contribution in [0.3, 0.4) is 0 Å². The van der Waals surface area contributed by atoms with Gasteiger partial charge in [0.1, 0.15) is 0 Å². The Labute approximate surface area is 112 Å². The van der Waals surface area contributed by atoms with E-state index in [2.05, 4.69) is 23.9 Å². The van der Waals surface area contributed by atoms with Crippen molar-refractivity contribution in [2.24, 2.45) is 5.92 Å². The summed E-state index contributed by atoms with van der Waals surface area (Å²) in [5, 5.41) is 3.28. The molecular weight excluding hydrogens is 250 g/mol. The van der Waals surface area contributed by atoms with E-state index in [1.54, 1.807) is 7.05 Å². The van der Waals surface area contributed by atoms with E-state index in [-0.39, 0.29) is 0 Å². The Hall–Kier alpha value is -0.170. The average molecular weight is 277 g/mol. The third kappa shape index (κ3) is 6.68. The molecule has 1 aliphatic rings. The summed E-state index contributed by atoms with van der Waals surface area (Å²) in [4.78, 5) is 0. The smallest absolute Gasteiger partial charge is 0.279 e. The SMILES string of the molecule is CC(C)NCCCN(C)S(=O)(=O)NCCC1CC1. The lowest BCUT2D eigenvalue weighted by atomic mass is 10.3. The van der Waals surface area contributed by atoms with Crippen LogP contribution in [0.25, 0.3) is 0 Å². The lowest BCUT2D eigenvalue weighted by molar-refractivity contribution is 0.438. The summed E-state index contributed by atoms with van der Waals surface area (Å²) in [5.74, 6) is 0.758. The molecule has 18 heavy (non-hydrogen) atoms. The fourth-order valence-corrected chi connectivity index (χ4v) is 2.69. The highest BCUT2D eigenvalue weighted by atomic mass is 32.2. The summed E-state index contributed by atoms with van der Waals surface area (Å²) in [7, 11) is -1.64. The molecule has 108 valence electrons. The molecule has 0 aliphatic heterocycles. The molecule has 0 unspecified atom stereocenters. The van der Waals surface area contributed by atoms with Crippen LogP contribution < -0.4 is 10.0 Å². The molecule has 6 heteroatoms. The van der Waals surface area contributed by atoms with E-state index < -0.39 is 10.2 Å². The number of nitrogens with zero attached hydrogens (tertiary/aromatic N) is 1. The van der Waals surface area contributed by atoms with Crippen molar-refractivity contribution in [3.63, 3.8) is 0 Å². The van der Waals surface area contributed by atoms with Crippen LogP contribution in [0.2, 0.25) is 0 Å². The first kappa shape index (κ1) is 15.9. The molecule has 0 aromatic rings. The summed E-state index contributed by atoms with van der Waals surface area (Å²) in [5.41, 5.74) is 0. The highest BCUT2D eigenvalue weighted by Crippen LogP contribution is 2.31. The summed E-state index contributed by atoms with van der Waals surface area (Å²) < 4.78 is 27.8. The van der Waals surface area contributed by atoms with E-state index in [1.807, 2.05) is 0 Å². The molecule has 0 heterocycles. The molecule has 2 N–H and O–H groups in total. The Bertz CT molecular complexity index is 326. The van der Waals surface area contributed by atoms with Crippen molar-refractivity contribution >= 4 is 10.2 Å². The predicted octanol–water partition coefficient (Wildman–Crippen LogP) is 0.941. The largest absolute Gasteiger partial charge is 0.314 e. The fraction of sp³-hybridized carbons (Fsp3) is 1.00. The third-order valence-corrected chi connectivity index (χ3v) is 4.72. The normalized spacial score (nSPS) is 16.7. The Kier molecular flexibility index (Phi) is 6.55. The minimum absolute atomic E-state index is 0.448. The monoisotopic (exact) mass is 277 g/mol. The minimum atomic E-state index is -3.27. The Morgan fingerprint density at radius 1 is 1.28 bits per heavy atom. The van der Waals surface area contributed by atoms with Crippen LogP contribution in [0, 0.1) is 5.92 Å². The molecule has 1 rings (SSSR count). The molecule has 1 aliphatic carbocycles. The molecule has 0 atom stereocenters. The maximum atomic E-state index is 11.9. The van der Waals surface area contributed by atoms with Crippen LogP contribution in [-0.4, -0.2) is 45.4 Å². The molecule has 1 saturated carbocycles. The zero-order valence-corrected chi connectivity index (χ0v) is 12.6. The second-order valence-electron chi connectivity index (χ2n) is 5.42. The van der Waals surface area contributed by atoms with Crippen molar-refractivity contribution in [1.82, 2.24) is 14.3 Å². The average Bonchev–Trinajstić information content (AvgIpc) is 3.07. The van der Waals surface area contributed by atoms with Gasteiger partial charge in [-0.3, -0.25) is 0 Å². The highest BCUT2D eigenvalue weighted by molar-refractivity contribution is 7.87. The lowest BCUT2D eigenvalue weighted by Crippen LogP contribution is -2.40. The number of rotatable bonds is 10. The summed E-state index contributed by atoms with van der Waals surface area (Å²) >= 11 is 0. The van der Waals surface area contributed by atoms with Crippen molar-refractivity contribution in [3.8, 4) is 0 Å². The van der Waals surface area contributed by atoms with Crippen LogP contribution >= 0.6 is 0 Å². The number of nitrogens with one attached hydrogen (secondary N) is 2. The quantitative estimate of drug-likeness (QED) is 0.584. The van der Waals surface area contributed by atoms with E-state index in [0.29, 0.717) is 19.1 Å². The van der Waals surface area contributed by atoms with Crippen LogP contribution in [-0.2, 0) is 10.2 Å². The molecule has 0 aromatic carbocycles. The van der Waals surface area contributed by atoms with Crippen molar-refractivity contribution < 1.29 is 8.42 Å². The van der Waals surface area contributed by atoms with Crippen LogP contribution in [0.1, 0.15) is 39.5 Å². The second kappa shape index (κ2) is 7.43. The van der Waals surface area contributed by atoms with Gasteiger partial charge in [0.2, 0.25) is 0 Å². The zero-order valence-electron chi connectivity index (χ0n) is 11.8. The standard InChI is InChI=1S/C12H27N3O2S/c1-11(2)13-8-4-10-15(3)18(16,17)14-9-7-12-5-6-12/h11-14H,4-10H2,1-3H3. The first-order valence-electron chi connectivity index (χ1n) is 6.86. The van der Waals surface area contributed by atoms with Gasteiger partial charge < -0.3 is 5.32 Å². The van der Waals surface area contributed by atoms with Gasteiger partial charge in [0.25, 0.3) is 10.2 Å². The number of hydrogen-bond donors (Lipinski definition) is 2. The summed E-state index contributed by atoms with van der Waals surface area (Å²) in [6, 6.07) is 0.448. The second-order valence-corrected chi connectivity index (χ2v) is 7.28. The molecule has 0 bridgehead atoms. The molecule has 5 nitrogen and oxygen atoms in total. The summed E-state index contributed by atoms with van der Waals surface area (Å²) in [6.07, 6.45) is 4.33. The topological polar surface area (TPSA) is 61.4 Å². The van der Waals surface area contributed by atoms with E-state index in [0.717, 1.165) is 25.3 Å². The van der Waals surface area contributed by atoms with Gasteiger partial charge in [0, 0.05) is 26.2 Å². The van der Waals surface area contributed by atoms with Gasteiger partial charge in [-0.15, -0.1) is 0 Å². The van der Waals surface area contributed by atoms with Gasteiger partial charge in [-0.05, 0) is 25.3 Å². The van der Waals surface area contributed by atoms with Crippen molar-refractivity contribution in [3.05, 3.63) is 0 Å². The molecule has 0 aromatic heterocycles. The van der Waals surface area contributed by atoms with Crippen molar-refractivity contribution in [1.29, 1.82) is 0 Å². The van der Waals surface area contributed by atoms with Gasteiger partial charge in [0.05, 0.1) is 0 Å². The molecule has 1 fully saturated rings. The number of hydrogen-bond acceptors (Lipinski definition) is 3. The molecular formula is C12H27N3O2S. The van der Waals surface area contributed by atoms with Gasteiger partial charge in [-0.1, -0.05) is 26.7 Å². The highest BCUT2D eigenvalue weighted by Gasteiger charge is 2.22. The van der Waals surface area contributed by atoms with Gasteiger partial charge in [-0.25, -0.2) is 4.72 Å². The molecule has 0 spiro atoms. The minimum Gasteiger partial charge on any atom is -0.314 e. The molecule has 0 radical (unpaired) electrons. The molecule has 0 saturated heterocycles. The summed E-state index contributed by atoms with van der Waals surface area (Å²) in [6.45, 7) is 6.14. The van der Waals surface area contributed by atoms with E-state index >= 15 is 0 Å². The molecule has 0 amide bonds. The Balaban J connectivity index is 2.14. The first-order chi connectivity index (χ1) is 8.42. The zero-order chi connectivity index (χ0) is 13.6. The Morgan fingerprint density at radius 3 is 2.50 bits per heavy atom. The van der Waals surface area contributed by atoms with E-state index in [1.165, 1.54) is 17.1 Å². The van der Waals surface area contributed by atoms with E-state index in [9.17, 15) is 8.42 Å². The van der Waals surface area contributed by atoms with Crippen molar-refractivity contribution in [2.75, 3.05) is 26.7 Å². The van der Waals surface area contributed by atoms with Gasteiger partial charge in [0.15, 0.2) is 0 Å². The predicted molar refractivity (Wildman–Crippen MR) is 74.6 cm³/mol. The third-order valence-electron chi connectivity index (χ3n) is 3.15. The van der Waals surface area contributed by atoms with Crippen LogP contribution in [0.15, 0.2) is 0 Å². The first-order valence-corrected chi connectivity index (χ1v) is 8.30. The van der Waals surface area contributed by atoms with Crippen molar-refractivity contribution in [2.45, 2.75) is 45.6 Å². The van der Waals surface area contributed by atoms with Gasteiger partial charge >= 0.3 is 0 Å².